The number of carbonyl (C=O) groups excluding carboxylic acids is 1. The van der Waals surface area contributed by atoms with Crippen LogP contribution >= 0.6 is 11.6 Å². The van der Waals surface area contributed by atoms with Gasteiger partial charge in [0, 0.05) is 28.7 Å². The number of aromatic nitrogens is 1. The van der Waals surface area contributed by atoms with Crippen LogP contribution in [0.5, 0.6) is 0 Å². The number of hydrogen-bond donors (Lipinski definition) is 2. The number of aliphatic hydroxyl groups excluding tert-OH is 1. The fourth-order valence-electron chi connectivity index (χ4n) is 2.38. The third kappa shape index (κ3) is 3.62. The number of hydrogen-bond acceptors (Lipinski definition) is 3. The molecule has 2 N–H and O–H groups in total. The van der Waals surface area contributed by atoms with Crippen LogP contribution in [0.15, 0.2) is 73.1 Å². The van der Waals surface area contributed by atoms with E-state index < -0.39 is 6.10 Å². The molecule has 1 atom stereocenters. The number of pyridine rings is 1. The number of halogens is 1. The number of nitrogens with zero attached hydrogens (tertiary/aromatic N) is 1. The first-order valence-corrected chi connectivity index (χ1v) is 7.77. The van der Waals surface area contributed by atoms with E-state index in [0.29, 0.717) is 21.8 Å². The van der Waals surface area contributed by atoms with Crippen molar-refractivity contribution < 1.29 is 9.90 Å². The summed E-state index contributed by atoms with van der Waals surface area (Å²) < 4.78 is 0. The van der Waals surface area contributed by atoms with E-state index in [2.05, 4.69) is 10.3 Å². The summed E-state index contributed by atoms with van der Waals surface area (Å²) in [5.74, 6) is -0.299. The molecule has 0 saturated heterocycles. The second kappa shape index (κ2) is 7.25. The van der Waals surface area contributed by atoms with Crippen molar-refractivity contribution in [1.82, 2.24) is 4.98 Å². The quantitative estimate of drug-likeness (QED) is 0.753. The Morgan fingerprint density at radius 1 is 1.08 bits per heavy atom. The number of anilines is 1. The summed E-state index contributed by atoms with van der Waals surface area (Å²) in [6.45, 7) is 0. The van der Waals surface area contributed by atoms with Crippen molar-refractivity contribution in [3.05, 3.63) is 94.8 Å². The van der Waals surface area contributed by atoms with Gasteiger partial charge in [0.25, 0.3) is 5.91 Å². The lowest BCUT2D eigenvalue weighted by Gasteiger charge is -2.17. The van der Waals surface area contributed by atoms with Crippen LogP contribution < -0.4 is 5.32 Å². The van der Waals surface area contributed by atoms with Gasteiger partial charge in [-0.2, -0.15) is 0 Å². The Labute approximate surface area is 144 Å². The van der Waals surface area contributed by atoms with Gasteiger partial charge in [-0.25, -0.2) is 0 Å². The molecule has 0 bridgehead atoms. The molecule has 0 aliphatic heterocycles. The summed E-state index contributed by atoms with van der Waals surface area (Å²) in [6, 6.07) is 17.6. The van der Waals surface area contributed by atoms with Gasteiger partial charge < -0.3 is 10.4 Å². The lowest BCUT2D eigenvalue weighted by molar-refractivity contribution is 0.102. The zero-order valence-corrected chi connectivity index (χ0v) is 13.4. The molecule has 0 unspecified atom stereocenters. The Morgan fingerprint density at radius 2 is 1.88 bits per heavy atom. The minimum absolute atomic E-state index is 0.299. The van der Waals surface area contributed by atoms with Gasteiger partial charge in [0.05, 0.1) is 5.56 Å². The maximum Gasteiger partial charge on any atom is 0.257 e. The van der Waals surface area contributed by atoms with Crippen molar-refractivity contribution >= 4 is 23.2 Å². The molecule has 0 aliphatic rings. The molecule has 5 heteroatoms. The SMILES string of the molecule is O=C(Nc1ccc(Cl)cc1[C@H](O)c1ccccc1)c1cccnc1. The van der Waals surface area contributed by atoms with Crippen LogP contribution in [0.25, 0.3) is 0 Å². The molecule has 1 heterocycles. The molecule has 0 spiro atoms. The Kier molecular flexibility index (Phi) is 4.89. The molecule has 2 aromatic carbocycles. The van der Waals surface area contributed by atoms with E-state index in [1.165, 1.54) is 6.20 Å². The highest BCUT2D eigenvalue weighted by atomic mass is 35.5. The number of aliphatic hydroxyl groups is 1. The third-order valence-corrected chi connectivity index (χ3v) is 3.83. The number of benzene rings is 2. The predicted molar refractivity (Wildman–Crippen MR) is 94.1 cm³/mol. The monoisotopic (exact) mass is 338 g/mol. The molecule has 3 rings (SSSR count). The van der Waals surface area contributed by atoms with Crippen LogP contribution in [0.2, 0.25) is 5.02 Å². The molecule has 0 fully saturated rings. The highest BCUT2D eigenvalue weighted by molar-refractivity contribution is 6.30. The summed E-state index contributed by atoms with van der Waals surface area (Å²) in [7, 11) is 0. The predicted octanol–water partition coefficient (Wildman–Crippen LogP) is 4.07. The molecule has 3 aromatic rings. The number of carbonyl (C=O) groups is 1. The van der Waals surface area contributed by atoms with Gasteiger partial charge in [-0.15, -0.1) is 0 Å². The van der Waals surface area contributed by atoms with E-state index in [4.69, 9.17) is 11.6 Å². The summed E-state index contributed by atoms with van der Waals surface area (Å²) in [4.78, 5) is 16.3. The van der Waals surface area contributed by atoms with E-state index in [0.717, 1.165) is 5.56 Å². The minimum atomic E-state index is -0.894. The van der Waals surface area contributed by atoms with E-state index in [9.17, 15) is 9.90 Å². The van der Waals surface area contributed by atoms with Crippen LogP contribution in [-0.4, -0.2) is 16.0 Å². The summed E-state index contributed by atoms with van der Waals surface area (Å²) in [6.07, 6.45) is 2.19. The molecule has 24 heavy (non-hydrogen) atoms. The zero-order valence-electron chi connectivity index (χ0n) is 12.7. The van der Waals surface area contributed by atoms with Crippen molar-refractivity contribution in [1.29, 1.82) is 0 Å². The summed E-state index contributed by atoms with van der Waals surface area (Å²) in [5.41, 5.74) is 2.19. The van der Waals surface area contributed by atoms with E-state index in [1.807, 2.05) is 30.3 Å². The summed E-state index contributed by atoms with van der Waals surface area (Å²) >= 11 is 6.07. The maximum absolute atomic E-state index is 12.3. The Bertz CT molecular complexity index is 839. The molecule has 1 aromatic heterocycles. The molecule has 0 aliphatic carbocycles. The lowest BCUT2D eigenvalue weighted by Crippen LogP contribution is -2.15. The van der Waals surface area contributed by atoms with E-state index in [1.54, 1.807) is 36.5 Å². The van der Waals surface area contributed by atoms with Crippen LogP contribution in [0.1, 0.15) is 27.6 Å². The molecule has 0 saturated carbocycles. The van der Waals surface area contributed by atoms with Gasteiger partial charge in [0.15, 0.2) is 0 Å². The first-order valence-electron chi connectivity index (χ1n) is 7.39. The average Bonchev–Trinajstić information content (AvgIpc) is 2.64. The van der Waals surface area contributed by atoms with Crippen LogP contribution in [0.4, 0.5) is 5.69 Å². The molecule has 120 valence electrons. The highest BCUT2D eigenvalue weighted by Crippen LogP contribution is 2.31. The number of rotatable bonds is 4. The fourth-order valence-corrected chi connectivity index (χ4v) is 2.56. The molecule has 4 nitrogen and oxygen atoms in total. The Hall–Kier alpha value is -2.69. The smallest absolute Gasteiger partial charge is 0.257 e. The topological polar surface area (TPSA) is 62.2 Å². The minimum Gasteiger partial charge on any atom is -0.384 e. The van der Waals surface area contributed by atoms with Crippen molar-refractivity contribution in [3.63, 3.8) is 0 Å². The fraction of sp³-hybridized carbons (Fsp3) is 0.0526. The molecule has 0 radical (unpaired) electrons. The van der Waals surface area contributed by atoms with E-state index >= 15 is 0 Å². The van der Waals surface area contributed by atoms with Crippen LogP contribution in [0.3, 0.4) is 0 Å². The number of amides is 1. The first kappa shape index (κ1) is 16.2. The van der Waals surface area contributed by atoms with Gasteiger partial charge in [-0.1, -0.05) is 41.9 Å². The Balaban J connectivity index is 1.93. The highest BCUT2D eigenvalue weighted by Gasteiger charge is 2.17. The first-order chi connectivity index (χ1) is 11.6. The molecule has 1 amide bonds. The average molecular weight is 339 g/mol. The van der Waals surface area contributed by atoms with Crippen molar-refractivity contribution in [2.24, 2.45) is 0 Å². The van der Waals surface area contributed by atoms with Crippen molar-refractivity contribution in [3.8, 4) is 0 Å². The van der Waals surface area contributed by atoms with Crippen LogP contribution in [0, 0.1) is 0 Å². The van der Waals surface area contributed by atoms with Gasteiger partial charge in [0.1, 0.15) is 6.10 Å². The zero-order chi connectivity index (χ0) is 16.9. The standard InChI is InChI=1S/C19H15ClN2O2/c20-15-8-9-17(22-19(24)14-7-4-10-21-12-14)16(11-15)18(23)13-5-2-1-3-6-13/h1-12,18,23H,(H,22,24)/t18-/m1/s1. The van der Waals surface area contributed by atoms with E-state index in [-0.39, 0.29) is 5.91 Å². The van der Waals surface area contributed by atoms with Crippen molar-refractivity contribution in [2.45, 2.75) is 6.10 Å². The molecular formula is C19H15ClN2O2. The maximum atomic E-state index is 12.3. The second-order valence-electron chi connectivity index (χ2n) is 5.24. The van der Waals surface area contributed by atoms with Crippen molar-refractivity contribution in [2.75, 3.05) is 5.32 Å². The van der Waals surface area contributed by atoms with Gasteiger partial charge in [0.2, 0.25) is 0 Å². The number of nitrogens with one attached hydrogen (secondary N) is 1. The van der Waals surface area contributed by atoms with Gasteiger partial charge >= 0.3 is 0 Å². The van der Waals surface area contributed by atoms with Gasteiger partial charge in [-0.3, -0.25) is 9.78 Å². The van der Waals surface area contributed by atoms with Gasteiger partial charge in [-0.05, 0) is 35.9 Å². The normalized spacial score (nSPS) is 11.8. The third-order valence-electron chi connectivity index (χ3n) is 3.60. The summed E-state index contributed by atoms with van der Waals surface area (Å²) in [5, 5.41) is 14.0. The lowest BCUT2D eigenvalue weighted by atomic mass is 9.99. The Morgan fingerprint density at radius 3 is 2.58 bits per heavy atom. The second-order valence-corrected chi connectivity index (χ2v) is 5.68. The van der Waals surface area contributed by atoms with Crippen LogP contribution in [-0.2, 0) is 0 Å². The molecular weight excluding hydrogens is 324 g/mol. The largest absolute Gasteiger partial charge is 0.384 e.